The fraction of sp³-hybridized carbons (Fsp3) is 0.647. The molecule has 1 saturated carbocycles. The van der Waals surface area contributed by atoms with E-state index in [1.54, 1.807) is 0 Å². The number of likely N-dealkylation sites (N-methyl/N-ethyl adjacent to an activating group) is 1. The van der Waals surface area contributed by atoms with Gasteiger partial charge in [0.1, 0.15) is 0 Å². The third-order valence-electron chi connectivity index (χ3n) is 4.06. The van der Waals surface area contributed by atoms with Gasteiger partial charge in [-0.15, -0.1) is 0 Å². The van der Waals surface area contributed by atoms with Crippen LogP contribution in [0.3, 0.4) is 0 Å². The van der Waals surface area contributed by atoms with Crippen LogP contribution in [0.2, 0.25) is 10.0 Å². The van der Waals surface area contributed by atoms with E-state index in [2.05, 4.69) is 30.1 Å². The van der Waals surface area contributed by atoms with Crippen LogP contribution in [0.1, 0.15) is 44.6 Å². The second-order valence-corrected chi connectivity index (χ2v) is 7.96. The Kier molecular flexibility index (Phi) is 7.73. The molecule has 0 heterocycles. The van der Waals surface area contributed by atoms with Crippen molar-refractivity contribution >= 4 is 35.0 Å². The lowest BCUT2D eigenvalue weighted by molar-refractivity contribution is 0.513. The molecule has 0 aromatic heterocycles. The molecule has 1 aromatic carbocycles. The number of rotatable bonds is 7. The lowest BCUT2D eigenvalue weighted by atomic mass is 10.0. The van der Waals surface area contributed by atoms with Crippen molar-refractivity contribution in [1.29, 1.82) is 0 Å². The van der Waals surface area contributed by atoms with Crippen LogP contribution < -0.4 is 5.32 Å². The van der Waals surface area contributed by atoms with Crippen LogP contribution in [0.5, 0.6) is 0 Å². The summed E-state index contributed by atoms with van der Waals surface area (Å²) >= 11 is 14.4. The Morgan fingerprint density at radius 3 is 2.67 bits per heavy atom. The van der Waals surface area contributed by atoms with E-state index in [-0.39, 0.29) is 0 Å². The maximum atomic E-state index is 6.30. The van der Waals surface area contributed by atoms with Crippen LogP contribution in [0.15, 0.2) is 18.2 Å². The van der Waals surface area contributed by atoms with Crippen LogP contribution in [0.4, 0.5) is 0 Å². The van der Waals surface area contributed by atoms with E-state index in [0.717, 1.165) is 29.0 Å². The van der Waals surface area contributed by atoms with Crippen molar-refractivity contribution in [3.8, 4) is 0 Å². The number of benzene rings is 1. The second-order valence-electron chi connectivity index (χ2n) is 5.79. The van der Waals surface area contributed by atoms with Gasteiger partial charge >= 0.3 is 0 Å². The molecule has 1 aliphatic rings. The van der Waals surface area contributed by atoms with E-state index in [1.165, 1.54) is 37.7 Å². The van der Waals surface area contributed by atoms with Gasteiger partial charge in [-0.2, -0.15) is 11.8 Å². The van der Waals surface area contributed by atoms with Crippen molar-refractivity contribution < 1.29 is 0 Å². The number of thioether (sulfide) groups is 1. The van der Waals surface area contributed by atoms with Gasteiger partial charge in [0.05, 0.1) is 0 Å². The monoisotopic (exact) mass is 345 g/mol. The summed E-state index contributed by atoms with van der Waals surface area (Å²) in [6.45, 7) is 3.17. The van der Waals surface area contributed by atoms with Gasteiger partial charge in [0.15, 0.2) is 0 Å². The Bertz CT molecular complexity index is 433. The number of halogens is 2. The van der Waals surface area contributed by atoms with Gasteiger partial charge in [0.2, 0.25) is 0 Å². The lowest BCUT2D eigenvalue weighted by Crippen LogP contribution is -2.34. The molecule has 1 N–H and O–H groups in total. The minimum Gasteiger partial charge on any atom is -0.313 e. The molecule has 1 aliphatic carbocycles. The van der Waals surface area contributed by atoms with Crippen LogP contribution in [-0.2, 0) is 6.42 Å². The minimum absolute atomic E-state index is 0.487. The summed E-state index contributed by atoms with van der Waals surface area (Å²) in [6, 6.07) is 6.32. The molecule has 0 saturated heterocycles. The SMILES string of the molecule is CCNC(CSC1CCCCC1)Cc1ccc(Cl)cc1Cl. The molecule has 4 heteroatoms. The first-order valence-corrected chi connectivity index (χ1v) is 9.78. The van der Waals surface area contributed by atoms with E-state index >= 15 is 0 Å². The molecule has 21 heavy (non-hydrogen) atoms. The average molecular weight is 346 g/mol. The van der Waals surface area contributed by atoms with E-state index in [9.17, 15) is 0 Å². The maximum Gasteiger partial charge on any atom is 0.0453 e. The standard InChI is InChI=1S/C17H25Cl2NS/c1-2-20-15(12-21-16-6-4-3-5-7-16)10-13-8-9-14(18)11-17(13)19/h8-9,11,15-16,20H,2-7,10,12H2,1H3. The Morgan fingerprint density at radius 1 is 1.24 bits per heavy atom. The van der Waals surface area contributed by atoms with Gasteiger partial charge in [-0.25, -0.2) is 0 Å². The molecule has 0 amide bonds. The molecule has 2 rings (SSSR count). The molecule has 1 fully saturated rings. The van der Waals surface area contributed by atoms with Crippen LogP contribution in [-0.4, -0.2) is 23.6 Å². The first kappa shape index (κ1) is 17.5. The smallest absolute Gasteiger partial charge is 0.0453 e. The fourth-order valence-corrected chi connectivity index (χ4v) is 4.81. The van der Waals surface area contributed by atoms with Crippen molar-refractivity contribution in [2.24, 2.45) is 0 Å². The molecular formula is C17H25Cl2NS. The van der Waals surface area contributed by atoms with Gasteiger partial charge < -0.3 is 5.32 Å². The molecule has 1 atom stereocenters. The van der Waals surface area contributed by atoms with E-state index in [1.807, 2.05) is 12.1 Å². The van der Waals surface area contributed by atoms with Crippen molar-refractivity contribution in [2.45, 2.75) is 56.7 Å². The zero-order valence-corrected chi connectivity index (χ0v) is 15.0. The molecule has 0 aliphatic heterocycles. The summed E-state index contributed by atoms with van der Waals surface area (Å²) in [7, 11) is 0. The summed E-state index contributed by atoms with van der Waals surface area (Å²) in [5.41, 5.74) is 1.19. The van der Waals surface area contributed by atoms with Crippen LogP contribution in [0, 0.1) is 0 Å². The molecule has 1 nitrogen and oxygen atoms in total. The number of nitrogens with one attached hydrogen (secondary N) is 1. The van der Waals surface area contributed by atoms with E-state index in [0.29, 0.717) is 11.1 Å². The Balaban J connectivity index is 1.88. The third-order valence-corrected chi connectivity index (χ3v) is 6.18. The Hall–Kier alpha value is 0.110. The first-order valence-electron chi connectivity index (χ1n) is 7.98. The predicted octanol–water partition coefficient (Wildman–Crippen LogP) is 5.58. The van der Waals surface area contributed by atoms with Crippen LogP contribution >= 0.6 is 35.0 Å². The van der Waals surface area contributed by atoms with Crippen molar-refractivity contribution in [3.05, 3.63) is 33.8 Å². The summed E-state index contributed by atoms with van der Waals surface area (Å²) in [5.74, 6) is 1.16. The molecule has 1 unspecified atom stereocenters. The zero-order valence-electron chi connectivity index (χ0n) is 12.7. The topological polar surface area (TPSA) is 12.0 Å². The first-order chi connectivity index (χ1) is 10.2. The Morgan fingerprint density at radius 2 is 2.00 bits per heavy atom. The highest BCUT2D eigenvalue weighted by atomic mass is 35.5. The zero-order chi connectivity index (χ0) is 15.1. The van der Waals surface area contributed by atoms with Crippen molar-refractivity contribution in [2.75, 3.05) is 12.3 Å². The average Bonchev–Trinajstić information content (AvgIpc) is 2.49. The largest absolute Gasteiger partial charge is 0.313 e. The van der Waals surface area contributed by atoms with E-state index < -0.39 is 0 Å². The number of hydrogen-bond donors (Lipinski definition) is 1. The van der Waals surface area contributed by atoms with Gasteiger partial charge in [-0.1, -0.05) is 55.5 Å². The van der Waals surface area contributed by atoms with Gasteiger partial charge in [-0.3, -0.25) is 0 Å². The van der Waals surface area contributed by atoms with Crippen LogP contribution in [0.25, 0.3) is 0 Å². The fourth-order valence-electron chi connectivity index (χ4n) is 2.92. The summed E-state index contributed by atoms with van der Waals surface area (Å²) < 4.78 is 0. The summed E-state index contributed by atoms with van der Waals surface area (Å²) in [6.07, 6.45) is 8.01. The highest BCUT2D eigenvalue weighted by Crippen LogP contribution is 2.29. The predicted molar refractivity (Wildman–Crippen MR) is 97.0 cm³/mol. The van der Waals surface area contributed by atoms with Gasteiger partial charge in [0.25, 0.3) is 0 Å². The third kappa shape index (κ3) is 6.02. The molecule has 0 radical (unpaired) electrons. The molecule has 0 spiro atoms. The number of hydrogen-bond acceptors (Lipinski definition) is 2. The summed E-state index contributed by atoms with van der Waals surface area (Å²) in [4.78, 5) is 0. The second kappa shape index (κ2) is 9.29. The van der Waals surface area contributed by atoms with Crippen molar-refractivity contribution in [3.63, 3.8) is 0 Å². The van der Waals surface area contributed by atoms with Gasteiger partial charge in [0, 0.05) is 27.1 Å². The minimum atomic E-state index is 0.487. The quantitative estimate of drug-likeness (QED) is 0.692. The highest BCUT2D eigenvalue weighted by molar-refractivity contribution is 7.99. The normalized spacial score (nSPS) is 17.9. The highest BCUT2D eigenvalue weighted by Gasteiger charge is 2.17. The molecule has 118 valence electrons. The van der Waals surface area contributed by atoms with Crippen molar-refractivity contribution in [1.82, 2.24) is 5.32 Å². The molecular weight excluding hydrogens is 321 g/mol. The molecule has 1 aromatic rings. The van der Waals surface area contributed by atoms with E-state index in [4.69, 9.17) is 23.2 Å². The molecule has 0 bridgehead atoms. The summed E-state index contributed by atoms with van der Waals surface area (Å²) in [5, 5.41) is 5.96. The maximum absolute atomic E-state index is 6.30. The lowest BCUT2D eigenvalue weighted by Gasteiger charge is -2.24. The van der Waals surface area contributed by atoms with Gasteiger partial charge in [-0.05, 0) is 43.5 Å². The Labute approximate surface area is 143 Å².